The number of amides is 1. The third kappa shape index (κ3) is 4.18. The Hall–Kier alpha value is -3.11. The minimum atomic E-state index is -0.152. The number of fused-ring (bicyclic) bond motifs is 1. The molecule has 3 aromatic carbocycles. The molecule has 4 nitrogen and oxygen atoms in total. The molecule has 0 radical (unpaired) electrons. The number of imidazole rings is 1. The van der Waals surface area contributed by atoms with Crippen LogP contribution in [0.25, 0.3) is 11.0 Å². The summed E-state index contributed by atoms with van der Waals surface area (Å²) in [5, 5.41) is 3.54. The summed E-state index contributed by atoms with van der Waals surface area (Å²) in [5.74, 6) is 0.813. The molecule has 4 rings (SSSR count). The van der Waals surface area contributed by atoms with Crippen LogP contribution in [-0.4, -0.2) is 15.9 Å². The molecule has 5 heteroatoms. The van der Waals surface area contributed by atoms with Gasteiger partial charge < -0.3 is 10.3 Å². The lowest BCUT2D eigenvalue weighted by molar-refractivity contribution is 0.102. The van der Waals surface area contributed by atoms with Crippen molar-refractivity contribution in [2.45, 2.75) is 12.8 Å². The molecule has 1 aromatic heterocycles. The molecule has 0 aliphatic heterocycles. The Morgan fingerprint density at radius 2 is 1.78 bits per heavy atom. The number of benzene rings is 3. The van der Waals surface area contributed by atoms with E-state index >= 15 is 0 Å². The summed E-state index contributed by atoms with van der Waals surface area (Å²) in [6, 6.07) is 22.7. The van der Waals surface area contributed by atoms with Crippen molar-refractivity contribution in [3.63, 3.8) is 0 Å². The van der Waals surface area contributed by atoms with Gasteiger partial charge in [-0.1, -0.05) is 35.9 Å². The predicted octanol–water partition coefficient (Wildman–Crippen LogP) is 5.25. The fraction of sp³-hybridized carbons (Fsp3) is 0.0909. The molecule has 0 saturated heterocycles. The maximum absolute atomic E-state index is 12.3. The van der Waals surface area contributed by atoms with Crippen LogP contribution in [-0.2, 0) is 12.8 Å². The fourth-order valence-corrected chi connectivity index (χ4v) is 3.12. The van der Waals surface area contributed by atoms with E-state index in [1.165, 1.54) is 0 Å². The molecule has 0 spiro atoms. The van der Waals surface area contributed by atoms with Crippen molar-refractivity contribution in [3.05, 3.63) is 94.8 Å². The number of anilines is 1. The smallest absolute Gasteiger partial charge is 0.255 e. The van der Waals surface area contributed by atoms with Crippen LogP contribution in [0.15, 0.2) is 72.8 Å². The summed E-state index contributed by atoms with van der Waals surface area (Å²) in [6.07, 6.45) is 1.65. The fourth-order valence-electron chi connectivity index (χ4n) is 3.00. The van der Waals surface area contributed by atoms with Crippen LogP contribution in [0.5, 0.6) is 0 Å². The lowest BCUT2D eigenvalue weighted by Gasteiger charge is -2.07. The number of rotatable bonds is 5. The molecule has 0 aliphatic carbocycles. The standard InChI is InChI=1S/C22H18ClN3O/c23-17-11-9-16(10-12-17)22(27)24-18-5-3-4-15(14-18)8-13-21-25-19-6-1-2-7-20(19)26-21/h1-7,9-12,14H,8,13H2,(H,24,27)(H,25,26). The van der Waals surface area contributed by atoms with Gasteiger partial charge in [-0.15, -0.1) is 0 Å². The van der Waals surface area contributed by atoms with Crippen molar-refractivity contribution < 1.29 is 4.79 Å². The van der Waals surface area contributed by atoms with Gasteiger partial charge in [-0.25, -0.2) is 4.98 Å². The highest BCUT2D eigenvalue weighted by Crippen LogP contribution is 2.16. The van der Waals surface area contributed by atoms with Crippen molar-refractivity contribution in [3.8, 4) is 0 Å². The van der Waals surface area contributed by atoms with Gasteiger partial charge >= 0.3 is 0 Å². The first-order valence-corrected chi connectivity index (χ1v) is 9.15. The lowest BCUT2D eigenvalue weighted by Crippen LogP contribution is -2.11. The highest BCUT2D eigenvalue weighted by atomic mass is 35.5. The Labute approximate surface area is 162 Å². The van der Waals surface area contributed by atoms with Gasteiger partial charge in [0.15, 0.2) is 0 Å². The van der Waals surface area contributed by atoms with Gasteiger partial charge in [-0.05, 0) is 60.5 Å². The number of hydrogen-bond donors (Lipinski definition) is 2. The number of carbonyl (C=O) groups excluding carboxylic acids is 1. The maximum atomic E-state index is 12.3. The molecule has 0 bridgehead atoms. The third-order valence-corrected chi connectivity index (χ3v) is 4.63. The molecule has 0 fully saturated rings. The third-order valence-electron chi connectivity index (χ3n) is 4.38. The van der Waals surface area contributed by atoms with E-state index in [-0.39, 0.29) is 5.91 Å². The number of aromatic amines is 1. The topological polar surface area (TPSA) is 57.8 Å². The molecule has 0 atom stereocenters. The van der Waals surface area contributed by atoms with Crippen LogP contribution in [0.3, 0.4) is 0 Å². The molecule has 0 aliphatic rings. The zero-order valence-electron chi connectivity index (χ0n) is 14.6. The number of hydrogen-bond acceptors (Lipinski definition) is 2. The zero-order valence-corrected chi connectivity index (χ0v) is 15.3. The van der Waals surface area contributed by atoms with Gasteiger partial charge in [0.1, 0.15) is 5.82 Å². The molecule has 1 heterocycles. The number of nitrogens with zero attached hydrogens (tertiary/aromatic N) is 1. The number of aromatic nitrogens is 2. The molecule has 0 saturated carbocycles. The van der Waals surface area contributed by atoms with Gasteiger partial charge in [-0.3, -0.25) is 4.79 Å². The van der Waals surface area contributed by atoms with Gasteiger partial charge in [-0.2, -0.15) is 0 Å². The predicted molar refractivity (Wildman–Crippen MR) is 109 cm³/mol. The van der Waals surface area contributed by atoms with Gasteiger partial charge in [0.2, 0.25) is 0 Å². The second-order valence-electron chi connectivity index (χ2n) is 6.36. The Bertz CT molecular complexity index is 1050. The van der Waals surface area contributed by atoms with Gasteiger partial charge in [0.25, 0.3) is 5.91 Å². The normalized spacial score (nSPS) is 10.9. The number of carbonyl (C=O) groups is 1. The molecule has 4 aromatic rings. The molecular formula is C22H18ClN3O. The van der Waals surface area contributed by atoms with Crippen LogP contribution in [0.1, 0.15) is 21.7 Å². The Balaban J connectivity index is 1.42. The highest BCUT2D eigenvalue weighted by molar-refractivity contribution is 6.30. The SMILES string of the molecule is O=C(Nc1cccc(CCc2nc3ccccc3[nH]2)c1)c1ccc(Cl)cc1. The Morgan fingerprint density at radius 3 is 2.59 bits per heavy atom. The quantitative estimate of drug-likeness (QED) is 0.500. The van der Waals surface area contributed by atoms with E-state index in [1.807, 2.05) is 42.5 Å². The Kier molecular flexibility index (Phi) is 4.90. The molecule has 1 amide bonds. The molecule has 134 valence electrons. The average molecular weight is 376 g/mol. The molecule has 0 unspecified atom stereocenters. The number of H-pyrrole nitrogens is 1. The Morgan fingerprint density at radius 1 is 0.963 bits per heavy atom. The van der Waals surface area contributed by atoms with Crippen molar-refractivity contribution in [2.24, 2.45) is 0 Å². The van der Waals surface area contributed by atoms with Crippen LogP contribution < -0.4 is 5.32 Å². The van der Waals surface area contributed by atoms with Crippen LogP contribution in [0.2, 0.25) is 5.02 Å². The number of halogens is 1. The molecule has 2 N–H and O–H groups in total. The van der Waals surface area contributed by atoms with E-state index in [0.717, 1.165) is 41.0 Å². The highest BCUT2D eigenvalue weighted by Gasteiger charge is 2.07. The average Bonchev–Trinajstić information content (AvgIpc) is 3.10. The van der Waals surface area contributed by atoms with E-state index in [9.17, 15) is 4.79 Å². The summed E-state index contributed by atoms with van der Waals surface area (Å²) in [6.45, 7) is 0. The second-order valence-corrected chi connectivity index (χ2v) is 6.80. The van der Waals surface area contributed by atoms with Crippen molar-refractivity contribution in [1.82, 2.24) is 9.97 Å². The summed E-state index contributed by atoms with van der Waals surface area (Å²) < 4.78 is 0. The van der Waals surface area contributed by atoms with E-state index < -0.39 is 0 Å². The number of para-hydroxylation sites is 2. The van der Waals surface area contributed by atoms with Gasteiger partial charge in [0.05, 0.1) is 11.0 Å². The van der Waals surface area contributed by atoms with E-state index in [1.54, 1.807) is 24.3 Å². The summed E-state index contributed by atoms with van der Waals surface area (Å²) in [4.78, 5) is 20.3. The number of nitrogens with one attached hydrogen (secondary N) is 2. The van der Waals surface area contributed by atoms with E-state index in [4.69, 9.17) is 11.6 Å². The molecule has 27 heavy (non-hydrogen) atoms. The van der Waals surface area contributed by atoms with Crippen LogP contribution in [0.4, 0.5) is 5.69 Å². The second kappa shape index (κ2) is 7.64. The first kappa shape index (κ1) is 17.3. The minimum absolute atomic E-state index is 0.152. The minimum Gasteiger partial charge on any atom is -0.342 e. The summed E-state index contributed by atoms with van der Waals surface area (Å²) in [5.41, 5.74) is 4.53. The van der Waals surface area contributed by atoms with Crippen LogP contribution >= 0.6 is 11.6 Å². The lowest BCUT2D eigenvalue weighted by atomic mass is 10.1. The summed E-state index contributed by atoms with van der Waals surface area (Å²) in [7, 11) is 0. The first-order valence-electron chi connectivity index (χ1n) is 8.77. The monoisotopic (exact) mass is 375 g/mol. The van der Waals surface area contributed by atoms with Crippen molar-refractivity contribution >= 4 is 34.2 Å². The summed E-state index contributed by atoms with van der Waals surface area (Å²) >= 11 is 5.87. The van der Waals surface area contributed by atoms with E-state index in [0.29, 0.717) is 10.6 Å². The van der Waals surface area contributed by atoms with E-state index in [2.05, 4.69) is 21.4 Å². The van der Waals surface area contributed by atoms with Gasteiger partial charge in [0, 0.05) is 22.7 Å². The zero-order chi connectivity index (χ0) is 18.6. The van der Waals surface area contributed by atoms with Crippen molar-refractivity contribution in [1.29, 1.82) is 0 Å². The maximum Gasteiger partial charge on any atom is 0.255 e. The first-order chi connectivity index (χ1) is 13.2. The van der Waals surface area contributed by atoms with Crippen molar-refractivity contribution in [2.75, 3.05) is 5.32 Å². The van der Waals surface area contributed by atoms with Crippen LogP contribution in [0, 0.1) is 0 Å². The molecular weight excluding hydrogens is 358 g/mol. The largest absolute Gasteiger partial charge is 0.342 e. The number of aryl methyl sites for hydroxylation is 2.